The van der Waals surface area contributed by atoms with E-state index in [9.17, 15) is 4.79 Å². The maximum atomic E-state index is 11.6. The van der Waals surface area contributed by atoms with Gasteiger partial charge in [-0.25, -0.2) is 4.79 Å². The lowest BCUT2D eigenvalue weighted by Crippen LogP contribution is -2.29. The SMILES string of the molecule is NCCC1CN(Cc2ccccc2)C(=O)N1. The molecule has 0 aliphatic carbocycles. The molecule has 1 heterocycles. The summed E-state index contributed by atoms with van der Waals surface area (Å²) in [6.07, 6.45) is 0.844. The molecule has 1 unspecified atom stereocenters. The van der Waals surface area contributed by atoms with Gasteiger partial charge in [0.25, 0.3) is 0 Å². The van der Waals surface area contributed by atoms with Crippen molar-refractivity contribution < 1.29 is 4.79 Å². The Hall–Kier alpha value is -1.55. The molecule has 0 saturated carbocycles. The molecule has 0 spiro atoms. The van der Waals surface area contributed by atoms with Crippen LogP contribution in [0.3, 0.4) is 0 Å². The highest BCUT2D eigenvalue weighted by atomic mass is 16.2. The van der Waals surface area contributed by atoms with E-state index in [0.29, 0.717) is 13.1 Å². The number of nitrogens with two attached hydrogens (primary N) is 1. The highest BCUT2D eigenvalue weighted by molar-refractivity contribution is 5.76. The third kappa shape index (κ3) is 2.52. The molecule has 86 valence electrons. The summed E-state index contributed by atoms with van der Waals surface area (Å²) in [5, 5.41) is 2.93. The van der Waals surface area contributed by atoms with Crippen LogP contribution in [0, 0.1) is 0 Å². The summed E-state index contributed by atoms with van der Waals surface area (Å²) in [5.74, 6) is 0. The Labute approximate surface area is 95.4 Å². The van der Waals surface area contributed by atoms with Gasteiger partial charge in [0.05, 0.1) is 0 Å². The van der Waals surface area contributed by atoms with Crippen LogP contribution in [0.5, 0.6) is 0 Å². The number of hydrogen-bond acceptors (Lipinski definition) is 2. The molecule has 1 aliphatic heterocycles. The number of carbonyl (C=O) groups is 1. The van der Waals surface area contributed by atoms with Crippen molar-refractivity contribution in [3.8, 4) is 0 Å². The topological polar surface area (TPSA) is 58.4 Å². The third-order valence-electron chi connectivity index (χ3n) is 2.79. The van der Waals surface area contributed by atoms with Gasteiger partial charge in [-0.1, -0.05) is 30.3 Å². The van der Waals surface area contributed by atoms with E-state index in [1.54, 1.807) is 0 Å². The Morgan fingerprint density at radius 2 is 2.12 bits per heavy atom. The number of hydrogen-bond donors (Lipinski definition) is 2. The summed E-state index contributed by atoms with van der Waals surface area (Å²) in [6.45, 7) is 2.04. The molecule has 0 radical (unpaired) electrons. The van der Waals surface area contributed by atoms with Gasteiger partial charge in [0.1, 0.15) is 0 Å². The van der Waals surface area contributed by atoms with Crippen molar-refractivity contribution in [1.82, 2.24) is 10.2 Å². The average Bonchev–Trinajstić information content (AvgIpc) is 2.61. The van der Waals surface area contributed by atoms with E-state index in [1.165, 1.54) is 0 Å². The van der Waals surface area contributed by atoms with Crippen molar-refractivity contribution in [3.63, 3.8) is 0 Å². The first-order chi connectivity index (χ1) is 7.79. The lowest BCUT2D eigenvalue weighted by molar-refractivity contribution is 0.215. The van der Waals surface area contributed by atoms with Crippen LogP contribution < -0.4 is 11.1 Å². The van der Waals surface area contributed by atoms with Crippen LogP contribution in [-0.4, -0.2) is 30.1 Å². The van der Waals surface area contributed by atoms with Crippen LogP contribution in [0.15, 0.2) is 30.3 Å². The summed E-state index contributed by atoms with van der Waals surface area (Å²) in [6, 6.07) is 10.2. The minimum atomic E-state index is 0.0160. The maximum absolute atomic E-state index is 11.6. The predicted octanol–water partition coefficient (Wildman–Crippen LogP) is 0.929. The molecule has 4 nitrogen and oxygen atoms in total. The van der Waals surface area contributed by atoms with Gasteiger partial charge in [0.15, 0.2) is 0 Å². The smallest absolute Gasteiger partial charge is 0.318 e. The molecule has 16 heavy (non-hydrogen) atoms. The zero-order valence-electron chi connectivity index (χ0n) is 9.23. The van der Waals surface area contributed by atoms with E-state index < -0.39 is 0 Å². The van der Waals surface area contributed by atoms with Crippen LogP contribution in [0.2, 0.25) is 0 Å². The molecule has 1 saturated heterocycles. The summed E-state index contributed by atoms with van der Waals surface area (Å²) < 4.78 is 0. The van der Waals surface area contributed by atoms with Crippen LogP contribution in [0.25, 0.3) is 0 Å². The highest BCUT2D eigenvalue weighted by Crippen LogP contribution is 2.11. The molecule has 2 rings (SSSR count). The van der Waals surface area contributed by atoms with Gasteiger partial charge in [0, 0.05) is 19.1 Å². The zero-order valence-corrected chi connectivity index (χ0v) is 9.23. The molecule has 2 amide bonds. The maximum Gasteiger partial charge on any atom is 0.318 e. The Balaban J connectivity index is 1.94. The fraction of sp³-hybridized carbons (Fsp3) is 0.417. The lowest BCUT2D eigenvalue weighted by Gasteiger charge is -2.14. The van der Waals surface area contributed by atoms with E-state index in [0.717, 1.165) is 18.5 Å². The van der Waals surface area contributed by atoms with E-state index >= 15 is 0 Å². The fourth-order valence-corrected chi connectivity index (χ4v) is 1.97. The quantitative estimate of drug-likeness (QED) is 0.791. The molecular weight excluding hydrogens is 202 g/mol. The second kappa shape index (κ2) is 4.99. The van der Waals surface area contributed by atoms with Crippen molar-refractivity contribution in [1.29, 1.82) is 0 Å². The third-order valence-corrected chi connectivity index (χ3v) is 2.79. The molecule has 0 bridgehead atoms. The fourth-order valence-electron chi connectivity index (χ4n) is 1.97. The number of benzene rings is 1. The van der Waals surface area contributed by atoms with Crippen LogP contribution in [-0.2, 0) is 6.54 Å². The number of rotatable bonds is 4. The molecule has 1 aliphatic rings. The van der Waals surface area contributed by atoms with Crippen molar-refractivity contribution in [2.75, 3.05) is 13.1 Å². The van der Waals surface area contributed by atoms with Gasteiger partial charge in [-0.05, 0) is 18.5 Å². The molecule has 1 fully saturated rings. The van der Waals surface area contributed by atoms with Crippen molar-refractivity contribution in [2.24, 2.45) is 5.73 Å². The molecule has 0 aromatic heterocycles. The second-order valence-corrected chi connectivity index (χ2v) is 4.09. The highest BCUT2D eigenvalue weighted by Gasteiger charge is 2.27. The van der Waals surface area contributed by atoms with Gasteiger partial charge >= 0.3 is 6.03 Å². The second-order valence-electron chi connectivity index (χ2n) is 4.09. The van der Waals surface area contributed by atoms with E-state index in [2.05, 4.69) is 5.32 Å². The Kier molecular flexibility index (Phi) is 3.41. The molecule has 4 heteroatoms. The molecule has 1 atom stereocenters. The van der Waals surface area contributed by atoms with E-state index in [4.69, 9.17) is 5.73 Å². The van der Waals surface area contributed by atoms with Crippen molar-refractivity contribution >= 4 is 6.03 Å². The first-order valence-electron chi connectivity index (χ1n) is 5.59. The predicted molar refractivity (Wildman–Crippen MR) is 62.8 cm³/mol. The Morgan fingerprint density at radius 3 is 2.81 bits per heavy atom. The van der Waals surface area contributed by atoms with Gasteiger partial charge in [-0.15, -0.1) is 0 Å². The largest absolute Gasteiger partial charge is 0.333 e. The number of carbonyl (C=O) groups excluding carboxylic acids is 1. The number of nitrogens with zero attached hydrogens (tertiary/aromatic N) is 1. The van der Waals surface area contributed by atoms with Crippen molar-refractivity contribution in [2.45, 2.75) is 19.0 Å². The van der Waals surface area contributed by atoms with Crippen LogP contribution in [0.1, 0.15) is 12.0 Å². The number of nitrogens with one attached hydrogen (secondary N) is 1. The summed E-state index contributed by atoms with van der Waals surface area (Å²) in [4.78, 5) is 13.5. The number of urea groups is 1. The van der Waals surface area contributed by atoms with Crippen LogP contribution in [0.4, 0.5) is 4.79 Å². The molecular formula is C12H17N3O. The summed E-state index contributed by atoms with van der Waals surface area (Å²) in [7, 11) is 0. The summed E-state index contributed by atoms with van der Waals surface area (Å²) in [5.41, 5.74) is 6.64. The van der Waals surface area contributed by atoms with Gasteiger partial charge < -0.3 is 16.0 Å². The standard InChI is InChI=1S/C12H17N3O/c13-7-6-11-9-15(12(16)14-11)8-10-4-2-1-3-5-10/h1-5,11H,6-9,13H2,(H,14,16). The van der Waals surface area contributed by atoms with Gasteiger partial charge in [-0.2, -0.15) is 0 Å². The van der Waals surface area contributed by atoms with Gasteiger partial charge in [0.2, 0.25) is 0 Å². The first-order valence-corrected chi connectivity index (χ1v) is 5.59. The normalized spacial score (nSPS) is 19.9. The van der Waals surface area contributed by atoms with Crippen molar-refractivity contribution in [3.05, 3.63) is 35.9 Å². The minimum Gasteiger partial charge on any atom is -0.333 e. The summed E-state index contributed by atoms with van der Waals surface area (Å²) >= 11 is 0. The minimum absolute atomic E-state index is 0.0160. The monoisotopic (exact) mass is 219 g/mol. The van der Waals surface area contributed by atoms with Crippen LogP contribution >= 0.6 is 0 Å². The first kappa shape index (κ1) is 11.0. The molecule has 1 aromatic rings. The number of amides is 2. The Bertz CT molecular complexity index is 353. The average molecular weight is 219 g/mol. The Morgan fingerprint density at radius 1 is 1.38 bits per heavy atom. The lowest BCUT2D eigenvalue weighted by atomic mass is 10.2. The van der Waals surface area contributed by atoms with E-state index in [1.807, 2.05) is 35.2 Å². The molecule has 3 N–H and O–H groups in total. The van der Waals surface area contributed by atoms with E-state index in [-0.39, 0.29) is 12.1 Å². The van der Waals surface area contributed by atoms with Gasteiger partial charge in [-0.3, -0.25) is 0 Å². The zero-order chi connectivity index (χ0) is 11.4. The molecule has 1 aromatic carbocycles.